The highest BCUT2D eigenvalue weighted by molar-refractivity contribution is 5.95. The molecule has 0 bridgehead atoms. The molecule has 0 aliphatic carbocycles. The number of esters is 2. The Morgan fingerprint density at radius 3 is 2.29 bits per heavy atom. The second-order valence-corrected chi connectivity index (χ2v) is 5.67. The molecule has 0 aromatic heterocycles. The maximum atomic E-state index is 12.1. The average molecular weight is 332 g/mol. The van der Waals surface area contributed by atoms with Gasteiger partial charge >= 0.3 is 11.9 Å². The van der Waals surface area contributed by atoms with Crippen LogP contribution in [0.1, 0.15) is 52.5 Å². The van der Waals surface area contributed by atoms with Crippen molar-refractivity contribution in [3.63, 3.8) is 0 Å². The summed E-state index contributed by atoms with van der Waals surface area (Å²) in [4.78, 5) is 34.3. The molecular formula is C19H24O5. The summed E-state index contributed by atoms with van der Waals surface area (Å²) < 4.78 is 10.1. The van der Waals surface area contributed by atoms with Crippen molar-refractivity contribution in [1.29, 1.82) is 0 Å². The first-order valence-electron chi connectivity index (χ1n) is 8.06. The number of ether oxygens (including phenoxy) is 2. The number of benzene rings is 1. The van der Waals surface area contributed by atoms with Gasteiger partial charge in [0.1, 0.15) is 0 Å². The first-order valence-corrected chi connectivity index (χ1v) is 8.06. The lowest BCUT2D eigenvalue weighted by molar-refractivity contribution is -0.134. The van der Waals surface area contributed by atoms with Gasteiger partial charge in [0.05, 0.1) is 0 Å². The first-order chi connectivity index (χ1) is 11.3. The maximum Gasteiger partial charge on any atom is 0.308 e. The number of ketones is 1. The van der Waals surface area contributed by atoms with Crippen LogP contribution < -0.4 is 9.47 Å². The molecule has 5 heteroatoms. The van der Waals surface area contributed by atoms with Crippen LogP contribution in [0, 0.1) is 5.92 Å². The standard InChI is InChI=1S/C19H24O5/c1-5-6-7-13(2)17(22)10-8-16-9-11-18(23-14(3)20)19(12-16)24-15(4)21/h8-13H,5-7H2,1-4H3. The smallest absolute Gasteiger partial charge is 0.308 e. The van der Waals surface area contributed by atoms with Gasteiger partial charge in [-0.05, 0) is 30.2 Å². The van der Waals surface area contributed by atoms with Crippen LogP contribution in [0.5, 0.6) is 11.5 Å². The Labute approximate surface area is 142 Å². The zero-order chi connectivity index (χ0) is 18.1. The lowest BCUT2D eigenvalue weighted by Gasteiger charge is -2.09. The number of unbranched alkanes of at least 4 members (excludes halogenated alkanes) is 1. The van der Waals surface area contributed by atoms with Crippen molar-refractivity contribution in [2.45, 2.75) is 47.0 Å². The van der Waals surface area contributed by atoms with Crippen LogP contribution >= 0.6 is 0 Å². The second-order valence-electron chi connectivity index (χ2n) is 5.67. The van der Waals surface area contributed by atoms with Crippen molar-refractivity contribution in [3.05, 3.63) is 29.8 Å². The van der Waals surface area contributed by atoms with Crippen LogP contribution in [-0.2, 0) is 14.4 Å². The molecule has 0 saturated heterocycles. The van der Waals surface area contributed by atoms with E-state index in [2.05, 4.69) is 6.92 Å². The summed E-state index contributed by atoms with van der Waals surface area (Å²) in [7, 11) is 0. The highest BCUT2D eigenvalue weighted by Gasteiger charge is 2.12. The third-order valence-corrected chi connectivity index (χ3v) is 3.39. The van der Waals surface area contributed by atoms with Crippen LogP contribution in [-0.4, -0.2) is 17.7 Å². The van der Waals surface area contributed by atoms with Crippen LogP contribution in [0.25, 0.3) is 6.08 Å². The normalized spacial score (nSPS) is 12.0. The van der Waals surface area contributed by atoms with Gasteiger partial charge < -0.3 is 9.47 Å². The lowest BCUT2D eigenvalue weighted by Crippen LogP contribution is -2.08. The van der Waals surface area contributed by atoms with Gasteiger partial charge in [0.2, 0.25) is 0 Å². The molecule has 0 spiro atoms. The van der Waals surface area contributed by atoms with Crippen LogP contribution in [0.2, 0.25) is 0 Å². The molecule has 0 aliphatic heterocycles. The number of hydrogen-bond acceptors (Lipinski definition) is 5. The molecule has 5 nitrogen and oxygen atoms in total. The number of allylic oxidation sites excluding steroid dienone is 1. The molecule has 0 heterocycles. The number of carbonyl (C=O) groups excluding carboxylic acids is 3. The second kappa shape index (κ2) is 9.65. The molecule has 0 radical (unpaired) electrons. The van der Waals surface area contributed by atoms with E-state index in [9.17, 15) is 14.4 Å². The van der Waals surface area contributed by atoms with E-state index in [4.69, 9.17) is 9.47 Å². The molecule has 0 amide bonds. The van der Waals surface area contributed by atoms with Gasteiger partial charge in [-0.3, -0.25) is 14.4 Å². The van der Waals surface area contributed by atoms with E-state index in [1.54, 1.807) is 18.2 Å². The topological polar surface area (TPSA) is 69.7 Å². The SMILES string of the molecule is CCCCC(C)C(=O)C=Cc1ccc(OC(C)=O)c(OC(C)=O)c1. The van der Waals surface area contributed by atoms with Crippen molar-refractivity contribution in [1.82, 2.24) is 0 Å². The minimum absolute atomic E-state index is 0.0190. The van der Waals surface area contributed by atoms with Gasteiger partial charge in [-0.15, -0.1) is 0 Å². The molecule has 1 atom stereocenters. The van der Waals surface area contributed by atoms with Crippen LogP contribution in [0.15, 0.2) is 24.3 Å². The highest BCUT2D eigenvalue weighted by Crippen LogP contribution is 2.29. The monoisotopic (exact) mass is 332 g/mol. The molecule has 0 saturated carbocycles. The first kappa shape index (κ1) is 19.6. The molecule has 1 aromatic carbocycles. The molecular weight excluding hydrogens is 308 g/mol. The molecule has 0 fully saturated rings. The summed E-state index contributed by atoms with van der Waals surface area (Å²) in [5.41, 5.74) is 0.679. The Hall–Kier alpha value is -2.43. The quantitative estimate of drug-likeness (QED) is 0.409. The van der Waals surface area contributed by atoms with Crippen molar-refractivity contribution in [3.8, 4) is 11.5 Å². The Bertz CT molecular complexity index is 631. The van der Waals surface area contributed by atoms with Crippen molar-refractivity contribution < 1.29 is 23.9 Å². The van der Waals surface area contributed by atoms with E-state index in [0.29, 0.717) is 5.56 Å². The zero-order valence-electron chi connectivity index (χ0n) is 14.6. The molecule has 24 heavy (non-hydrogen) atoms. The molecule has 1 unspecified atom stereocenters. The van der Waals surface area contributed by atoms with E-state index >= 15 is 0 Å². The number of rotatable bonds is 8. The van der Waals surface area contributed by atoms with Gasteiger partial charge in [-0.25, -0.2) is 0 Å². The molecule has 1 rings (SSSR count). The predicted molar refractivity (Wildman–Crippen MR) is 91.8 cm³/mol. The molecule has 0 N–H and O–H groups in total. The Morgan fingerprint density at radius 2 is 1.71 bits per heavy atom. The highest BCUT2D eigenvalue weighted by atomic mass is 16.6. The summed E-state index contributed by atoms with van der Waals surface area (Å²) in [6, 6.07) is 4.77. The van der Waals surface area contributed by atoms with E-state index in [-0.39, 0.29) is 23.2 Å². The van der Waals surface area contributed by atoms with E-state index in [1.165, 1.54) is 26.0 Å². The van der Waals surface area contributed by atoms with Crippen molar-refractivity contribution in [2.75, 3.05) is 0 Å². The van der Waals surface area contributed by atoms with E-state index in [1.807, 2.05) is 6.92 Å². The summed E-state index contributed by atoms with van der Waals surface area (Å²) in [6.45, 7) is 6.53. The molecule has 1 aromatic rings. The zero-order valence-corrected chi connectivity index (χ0v) is 14.6. The lowest BCUT2D eigenvalue weighted by atomic mass is 9.99. The Kier molecular flexibility index (Phi) is 7.89. The number of carbonyl (C=O) groups is 3. The fourth-order valence-corrected chi connectivity index (χ4v) is 2.10. The Morgan fingerprint density at radius 1 is 1.08 bits per heavy atom. The maximum absolute atomic E-state index is 12.1. The van der Waals surface area contributed by atoms with E-state index in [0.717, 1.165) is 19.3 Å². The van der Waals surface area contributed by atoms with Gasteiger partial charge in [-0.2, -0.15) is 0 Å². The average Bonchev–Trinajstić information content (AvgIpc) is 2.51. The van der Waals surface area contributed by atoms with Gasteiger partial charge in [0, 0.05) is 19.8 Å². The fourth-order valence-electron chi connectivity index (χ4n) is 2.10. The number of hydrogen-bond donors (Lipinski definition) is 0. The Balaban J connectivity index is 2.91. The summed E-state index contributed by atoms with van der Waals surface area (Å²) >= 11 is 0. The van der Waals surface area contributed by atoms with Crippen LogP contribution in [0.4, 0.5) is 0 Å². The van der Waals surface area contributed by atoms with E-state index < -0.39 is 11.9 Å². The molecule has 0 aliphatic rings. The van der Waals surface area contributed by atoms with Crippen molar-refractivity contribution in [2.24, 2.45) is 5.92 Å². The summed E-state index contributed by atoms with van der Waals surface area (Å²) in [5, 5.41) is 0. The predicted octanol–water partition coefficient (Wildman–Crippen LogP) is 3.95. The van der Waals surface area contributed by atoms with Crippen LogP contribution in [0.3, 0.4) is 0 Å². The van der Waals surface area contributed by atoms with Gasteiger partial charge in [0.15, 0.2) is 17.3 Å². The summed E-state index contributed by atoms with van der Waals surface area (Å²) in [6.07, 6.45) is 6.14. The fraction of sp³-hybridized carbons (Fsp3) is 0.421. The molecule has 130 valence electrons. The third-order valence-electron chi connectivity index (χ3n) is 3.39. The minimum Gasteiger partial charge on any atom is -0.423 e. The van der Waals surface area contributed by atoms with Gasteiger partial charge in [-0.1, -0.05) is 38.8 Å². The third kappa shape index (κ3) is 6.77. The van der Waals surface area contributed by atoms with Crippen molar-refractivity contribution >= 4 is 23.8 Å². The van der Waals surface area contributed by atoms with Gasteiger partial charge in [0.25, 0.3) is 0 Å². The summed E-state index contributed by atoms with van der Waals surface area (Å²) in [5.74, 6) is -0.680. The minimum atomic E-state index is -0.520. The largest absolute Gasteiger partial charge is 0.423 e.